The zero-order chi connectivity index (χ0) is 22.3. The highest BCUT2D eigenvalue weighted by atomic mass is 16.3. The second kappa shape index (κ2) is 7.89. The Morgan fingerprint density at radius 1 is 1.19 bits per heavy atom. The summed E-state index contributed by atoms with van der Waals surface area (Å²) in [6.07, 6.45) is 4.19. The molecule has 32 heavy (non-hydrogen) atoms. The number of benzene rings is 2. The number of allylic oxidation sites excluding steroid dienone is 2. The van der Waals surface area contributed by atoms with Crippen molar-refractivity contribution in [1.29, 1.82) is 5.26 Å². The molecule has 2 N–H and O–H groups in total. The van der Waals surface area contributed by atoms with Gasteiger partial charge in [-0.05, 0) is 42.4 Å². The number of nitriles is 1. The minimum Gasteiger partial charge on any atom is -0.396 e. The lowest BCUT2D eigenvalue weighted by Gasteiger charge is -2.47. The first kappa shape index (κ1) is 20.4. The lowest BCUT2D eigenvalue weighted by atomic mass is 9.54. The summed E-state index contributed by atoms with van der Waals surface area (Å²) in [7, 11) is 0. The van der Waals surface area contributed by atoms with Gasteiger partial charge >= 0.3 is 0 Å². The van der Waals surface area contributed by atoms with Crippen molar-refractivity contribution in [3.05, 3.63) is 88.6 Å². The zero-order valence-electron chi connectivity index (χ0n) is 18.0. The molecule has 0 spiro atoms. The van der Waals surface area contributed by atoms with Crippen LogP contribution in [0.3, 0.4) is 0 Å². The summed E-state index contributed by atoms with van der Waals surface area (Å²) >= 11 is 0. The molecule has 1 heterocycles. The molecule has 0 amide bonds. The Balaban J connectivity index is 1.72. The summed E-state index contributed by atoms with van der Waals surface area (Å²) in [6, 6.07) is 20.5. The van der Waals surface area contributed by atoms with E-state index in [0.717, 1.165) is 46.5 Å². The average Bonchev–Trinajstić information content (AvgIpc) is 3.27. The van der Waals surface area contributed by atoms with Crippen LogP contribution in [0.2, 0.25) is 0 Å². The van der Waals surface area contributed by atoms with Crippen LogP contribution in [-0.4, -0.2) is 27.7 Å². The van der Waals surface area contributed by atoms with Gasteiger partial charge in [0.25, 0.3) is 0 Å². The largest absolute Gasteiger partial charge is 0.396 e. The van der Waals surface area contributed by atoms with Crippen molar-refractivity contribution in [3.8, 4) is 17.3 Å². The van der Waals surface area contributed by atoms with Crippen LogP contribution in [0, 0.1) is 23.2 Å². The molecule has 0 bridgehead atoms. The summed E-state index contributed by atoms with van der Waals surface area (Å²) < 4.78 is 0. The quantitative estimate of drug-likeness (QED) is 0.660. The van der Waals surface area contributed by atoms with Crippen molar-refractivity contribution in [2.24, 2.45) is 11.8 Å². The van der Waals surface area contributed by atoms with Crippen molar-refractivity contribution < 1.29 is 9.90 Å². The number of aromatic nitrogens is 2. The molecule has 0 saturated carbocycles. The second-order valence-corrected chi connectivity index (χ2v) is 8.80. The van der Waals surface area contributed by atoms with Crippen LogP contribution in [0.4, 0.5) is 0 Å². The maximum Gasteiger partial charge on any atom is 0.176 e. The van der Waals surface area contributed by atoms with Crippen LogP contribution in [0.1, 0.15) is 35.7 Å². The summed E-state index contributed by atoms with van der Waals surface area (Å²) in [4.78, 5) is 12.9. The van der Waals surface area contributed by atoms with Crippen molar-refractivity contribution >= 4 is 5.78 Å². The number of Topliss-reactive ketones (excluding diaryl/α,β-unsaturated/α-hetero) is 1. The molecule has 0 radical (unpaired) electrons. The third-order valence-electron chi connectivity index (χ3n) is 7.23. The SMILES string of the molecule is CC1C(=O)C(C#N)=CC2(c3ccccc3)c3[nH]nc(-c4ccc(CCO)cc4)c3CCC12. The van der Waals surface area contributed by atoms with Crippen LogP contribution >= 0.6 is 0 Å². The van der Waals surface area contributed by atoms with E-state index in [-0.39, 0.29) is 29.8 Å². The van der Waals surface area contributed by atoms with Gasteiger partial charge in [0.2, 0.25) is 0 Å². The Kier molecular flexibility index (Phi) is 5.03. The minimum atomic E-state index is -0.588. The number of aliphatic hydroxyl groups is 1. The number of hydrogen-bond acceptors (Lipinski definition) is 4. The molecule has 0 fully saturated rings. The van der Waals surface area contributed by atoms with Gasteiger partial charge < -0.3 is 5.11 Å². The van der Waals surface area contributed by atoms with E-state index in [0.29, 0.717) is 6.42 Å². The number of fused-ring (bicyclic) bond motifs is 3. The smallest absolute Gasteiger partial charge is 0.176 e. The normalized spacial score (nSPS) is 24.3. The van der Waals surface area contributed by atoms with Gasteiger partial charge in [0.05, 0.1) is 22.4 Å². The van der Waals surface area contributed by atoms with Gasteiger partial charge in [-0.1, -0.05) is 61.5 Å². The van der Waals surface area contributed by atoms with E-state index < -0.39 is 5.41 Å². The lowest BCUT2D eigenvalue weighted by molar-refractivity contribution is -0.121. The molecule has 0 saturated heterocycles. The predicted octanol–water partition coefficient (Wildman–Crippen LogP) is 4.13. The van der Waals surface area contributed by atoms with E-state index in [2.05, 4.69) is 23.3 Å². The lowest BCUT2D eigenvalue weighted by Crippen LogP contribution is -2.48. The molecule has 2 aliphatic carbocycles. The highest BCUT2D eigenvalue weighted by molar-refractivity contribution is 6.02. The Morgan fingerprint density at radius 2 is 1.94 bits per heavy atom. The predicted molar refractivity (Wildman–Crippen MR) is 122 cm³/mol. The summed E-state index contributed by atoms with van der Waals surface area (Å²) in [5, 5.41) is 27.0. The third-order valence-corrected chi connectivity index (χ3v) is 7.23. The van der Waals surface area contributed by atoms with E-state index in [1.165, 1.54) is 0 Å². The molecular weight excluding hydrogens is 398 g/mol. The first-order chi connectivity index (χ1) is 15.6. The van der Waals surface area contributed by atoms with E-state index in [4.69, 9.17) is 5.10 Å². The Hall–Kier alpha value is -3.49. The molecule has 1 aromatic heterocycles. The molecule has 2 aliphatic rings. The van der Waals surface area contributed by atoms with Crippen molar-refractivity contribution in [1.82, 2.24) is 10.2 Å². The molecule has 2 aromatic carbocycles. The molecule has 3 atom stereocenters. The number of aliphatic hydroxyl groups excluding tert-OH is 1. The molecule has 5 heteroatoms. The molecule has 5 nitrogen and oxygen atoms in total. The minimum absolute atomic E-state index is 0.0576. The molecular formula is C27H25N3O2. The third kappa shape index (κ3) is 2.95. The number of H-pyrrole nitrogens is 1. The van der Waals surface area contributed by atoms with Crippen LogP contribution in [0.25, 0.3) is 11.3 Å². The Labute approximate surface area is 187 Å². The van der Waals surface area contributed by atoms with Crippen LogP contribution in [0.5, 0.6) is 0 Å². The van der Waals surface area contributed by atoms with Crippen molar-refractivity contribution in [2.75, 3.05) is 6.61 Å². The van der Waals surface area contributed by atoms with E-state index in [1.54, 1.807) is 0 Å². The number of rotatable bonds is 4. The highest BCUT2D eigenvalue weighted by Crippen LogP contribution is 2.54. The van der Waals surface area contributed by atoms with Crippen molar-refractivity contribution in [3.63, 3.8) is 0 Å². The van der Waals surface area contributed by atoms with Gasteiger partial charge in [-0.15, -0.1) is 0 Å². The van der Waals surface area contributed by atoms with Crippen LogP contribution in [-0.2, 0) is 23.1 Å². The number of carbonyl (C=O) groups excluding carboxylic acids is 1. The Morgan fingerprint density at radius 3 is 2.62 bits per heavy atom. The summed E-state index contributed by atoms with van der Waals surface area (Å²) in [5.41, 5.74) is 5.88. The fraction of sp³-hybridized carbons (Fsp3) is 0.296. The monoisotopic (exact) mass is 423 g/mol. The van der Waals surface area contributed by atoms with Crippen molar-refractivity contribution in [2.45, 2.75) is 31.6 Å². The van der Waals surface area contributed by atoms with E-state index in [1.807, 2.05) is 55.5 Å². The molecule has 5 rings (SSSR count). The number of nitrogens with zero attached hydrogens (tertiary/aromatic N) is 2. The van der Waals surface area contributed by atoms with Gasteiger partial charge in [-0.2, -0.15) is 10.4 Å². The van der Waals surface area contributed by atoms with Gasteiger partial charge in [0.1, 0.15) is 6.07 Å². The van der Waals surface area contributed by atoms with Crippen LogP contribution in [0.15, 0.2) is 66.2 Å². The number of nitrogens with one attached hydrogen (secondary N) is 1. The van der Waals surface area contributed by atoms with Gasteiger partial charge in [-0.3, -0.25) is 9.89 Å². The second-order valence-electron chi connectivity index (χ2n) is 8.80. The molecule has 3 unspecified atom stereocenters. The summed E-state index contributed by atoms with van der Waals surface area (Å²) in [6.45, 7) is 2.08. The zero-order valence-corrected chi connectivity index (χ0v) is 18.0. The molecule has 160 valence electrons. The van der Waals surface area contributed by atoms with Crippen LogP contribution < -0.4 is 0 Å². The number of ketones is 1. The number of carbonyl (C=O) groups is 1. The number of hydrogen-bond donors (Lipinski definition) is 2. The number of aromatic amines is 1. The molecule has 3 aromatic rings. The fourth-order valence-electron chi connectivity index (χ4n) is 5.65. The van der Waals surface area contributed by atoms with E-state index in [9.17, 15) is 15.2 Å². The maximum absolute atomic E-state index is 12.9. The molecule has 0 aliphatic heterocycles. The topological polar surface area (TPSA) is 89.8 Å². The first-order valence-corrected chi connectivity index (χ1v) is 11.1. The van der Waals surface area contributed by atoms with E-state index >= 15 is 0 Å². The highest BCUT2D eigenvalue weighted by Gasteiger charge is 2.53. The average molecular weight is 424 g/mol. The Bertz CT molecular complexity index is 1230. The summed E-state index contributed by atoms with van der Waals surface area (Å²) in [5.74, 6) is -0.249. The van der Waals surface area contributed by atoms with Gasteiger partial charge in [-0.25, -0.2) is 0 Å². The van der Waals surface area contributed by atoms with Gasteiger partial charge in [0.15, 0.2) is 5.78 Å². The van der Waals surface area contributed by atoms with Gasteiger partial charge in [0, 0.05) is 23.7 Å². The first-order valence-electron chi connectivity index (χ1n) is 11.1. The standard InChI is InChI=1S/C27H25N3O2/c1-17-23-12-11-22-24(19-9-7-18(8-10-19)13-14-31)29-30-26(22)27(23,15-20(16-28)25(17)32)21-5-3-2-4-6-21/h2-10,15,17,23,31H,11-14H2,1H3,(H,29,30). The maximum atomic E-state index is 12.9. The fourth-order valence-corrected chi connectivity index (χ4v) is 5.65.